The molecule has 0 N–H and O–H groups in total. The molecular weight excluding hydrogens is 395 g/mol. The Hall–Kier alpha value is -2.14. The molecule has 1 aromatic heterocycles. The van der Waals surface area contributed by atoms with Gasteiger partial charge in [-0.15, -0.1) is 0 Å². The molecule has 26 heavy (non-hydrogen) atoms. The fraction of sp³-hybridized carbons (Fsp3) is 0.105. The van der Waals surface area contributed by atoms with Crippen LogP contribution >= 0.6 is 34.8 Å². The number of ketones is 1. The van der Waals surface area contributed by atoms with Crippen LogP contribution in [0.2, 0.25) is 15.1 Å². The maximum absolute atomic E-state index is 12.9. The van der Waals surface area contributed by atoms with Gasteiger partial charge in [-0.1, -0.05) is 46.9 Å². The molecule has 0 aliphatic carbocycles. The van der Waals surface area contributed by atoms with Crippen molar-refractivity contribution in [3.05, 3.63) is 96.3 Å². The van der Waals surface area contributed by atoms with E-state index in [1.807, 2.05) is 13.0 Å². The van der Waals surface area contributed by atoms with Crippen LogP contribution in [0.3, 0.4) is 0 Å². The molecule has 2 aromatic carbocycles. The SMILES string of the molecule is Cc1ccc(C(=O)c2c(Cl)cc(Cl)cc2Cl)cc1Cn1ncccc1=O. The Morgan fingerprint density at radius 1 is 1.08 bits per heavy atom. The van der Waals surface area contributed by atoms with Crippen molar-refractivity contribution in [2.24, 2.45) is 0 Å². The maximum Gasteiger partial charge on any atom is 0.267 e. The second-order valence-electron chi connectivity index (χ2n) is 5.73. The zero-order valence-corrected chi connectivity index (χ0v) is 15.9. The van der Waals surface area contributed by atoms with E-state index in [4.69, 9.17) is 34.8 Å². The monoisotopic (exact) mass is 406 g/mol. The van der Waals surface area contributed by atoms with Crippen LogP contribution in [0.1, 0.15) is 27.0 Å². The average Bonchev–Trinajstić information content (AvgIpc) is 2.57. The van der Waals surface area contributed by atoms with Gasteiger partial charge < -0.3 is 0 Å². The molecule has 0 bridgehead atoms. The highest BCUT2D eigenvalue weighted by Gasteiger charge is 2.18. The highest BCUT2D eigenvalue weighted by Crippen LogP contribution is 2.31. The minimum Gasteiger partial charge on any atom is -0.288 e. The summed E-state index contributed by atoms with van der Waals surface area (Å²) in [6.07, 6.45) is 1.54. The van der Waals surface area contributed by atoms with Crippen LogP contribution in [0.5, 0.6) is 0 Å². The normalized spacial score (nSPS) is 10.8. The van der Waals surface area contributed by atoms with Crippen LogP contribution in [-0.2, 0) is 6.54 Å². The van der Waals surface area contributed by atoms with E-state index < -0.39 is 0 Å². The number of carbonyl (C=O) groups is 1. The Labute approximate surface area is 164 Å². The predicted octanol–water partition coefficient (Wildman–Crippen LogP) is 4.79. The summed E-state index contributed by atoms with van der Waals surface area (Å²) in [5.74, 6) is -0.314. The third kappa shape index (κ3) is 3.83. The second-order valence-corrected chi connectivity index (χ2v) is 6.99. The van der Waals surface area contributed by atoms with E-state index in [-0.39, 0.29) is 33.5 Å². The third-order valence-electron chi connectivity index (χ3n) is 3.95. The second kappa shape index (κ2) is 7.62. The lowest BCUT2D eigenvalue weighted by molar-refractivity contribution is 0.103. The van der Waals surface area contributed by atoms with Gasteiger partial charge in [0.25, 0.3) is 5.56 Å². The summed E-state index contributed by atoms with van der Waals surface area (Å²) in [6, 6.07) is 11.2. The molecule has 0 unspecified atom stereocenters. The number of hydrogen-bond donors (Lipinski definition) is 0. The first-order valence-corrected chi connectivity index (χ1v) is 8.81. The topological polar surface area (TPSA) is 52.0 Å². The number of nitrogens with zero attached hydrogens (tertiary/aromatic N) is 2. The molecule has 4 nitrogen and oxygen atoms in total. The Morgan fingerprint density at radius 3 is 2.42 bits per heavy atom. The lowest BCUT2D eigenvalue weighted by Gasteiger charge is -2.11. The molecule has 7 heteroatoms. The van der Waals surface area contributed by atoms with E-state index in [1.54, 1.807) is 24.4 Å². The summed E-state index contributed by atoms with van der Waals surface area (Å²) >= 11 is 18.2. The van der Waals surface area contributed by atoms with Gasteiger partial charge in [0.2, 0.25) is 0 Å². The van der Waals surface area contributed by atoms with Crippen molar-refractivity contribution in [1.82, 2.24) is 9.78 Å². The fourth-order valence-corrected chi connectivity index (χ4v) is 3.54. The van der Waals surface area contributed by atoms with Crippen molar-refractivity contribution in [1.29, 1.82) is 0 Å². The molecule has 132 valence electrons. The molecule has 0 radical (unpaired) electrons. The van der Waals surface area contributed by atoms with Crippen LogP contribution in [0.4, 0.5) is 0 Å². The smallest absolute Gasteiger partial charge is 0.267 e. The van der Waals surface area contributed by atoms with E-state index in [9.17, 15) is 9.59 Å². The first kappa shape index (κ1) is 18.6. The van der Waals surface area contributed by atoms with Gasteiger partial charge in [-0.25, -0.2) is 4.68 Å². The molecule has 0 fully saturated rings. The molecule has 0 amide bonds. The number of halogens is 3. The van der Waals surface area contributed by atoms with Gasteiger partial charge in [0.1, 0.15) is 0 Å². The summed E-state index contributed by atoms with van der Waals surface area (Å²) in [5, 5.41) is 4.79. The van der Waals surface area contributed by atoms with Gasteiger partial charge >= 0.3 is 0 Å². The van der Waals surface area contributed by atoms with Crippen molar-refractivity contribution in [2.45, 2.75) is 13.5 Å². The number of hydrogen-bond acceptors (Lipinski definition) is 3. The van der Waals surface area contributed by atoms with Crippen molar-refractivity contribution in [3.8, 4) is 0 Å². The van der Waals surface area contributed by atoms with Gasteiger partial charge in [-0.2, -0.15) is 5.10 Å². The van der Waals surface area contributed by atoms with Crippen molar-refractivity contribution < 1.29 is 4.79 Å². The minimum atomic E-state index is -0.314. The Balaban J connectivity index is 2.01. The summed E-state index contributed by atoms with van der Waals surface area (Å²) in [4.78, 5) is 24.8. The van der Waals surface area contributed by atoms with Crippen LogP contribution in [-0.4, -0.2) is 15.6 Å². The number of carbonyl (C=O) groups excluding carboxylic acids is 1. The van der Waals surface area contributed by atoms with Crippen molar-refractivity contribution >= 4 is 40.6 Å². The van der Waals surface area contributed by atoms with Gasteiger partial charge in [0, 0.05) is 22.8 Å². The van der Waals surface area contributed by atoms with Crippen LogP contribution in [0.25, 0.3) is 0 Å². The zero-order valence-electron chi connectivity index (χ0n) is 13.7. The number of benzene rings is 2. The molecule has 0 atom stereocenters. The minimum absolute atomic E-state index is 0.190. The maximum atomic E-state index is 12.9. The molecule has 0 aliphatic rings. The summed E-state index contributed by atoms with van der Waals surface area (Å²) in [5.41, 5.74) is 2.14. The van der Waals surface area contributed by atoms with E-state index in [2.05, 4.69) is 5.10 Å². The molecule has 0 aliphatic heterocycles. The van der Waals surface area contributed by atoms with Gasteiger partial charge in [-0.05, 0) is 42.3 Å². The number of aromatic nitrogens is 2. The van der Waals surface area contributed by atoms with Gasteiger partial charge in [0.15, 0.2) is 5.78 Å². The van der Waals surface area contributed by atoms with Crippen molar-refractivity contribution in [2.75, 3.05) is 0 Å². The highest BCUT2D eigenvalue weighted by molar-refractivity contribution is 6.43. The van der Waals surface area contributed by atoms with Crippen LogP contribution in [0.15, 0.2) is 53.5 Å². The lowest BCUT2D eigenvalue weighted by atomic mass is 9.98. The number of aryl methyl sites for hydroxylation is 1. The largest absolute Gasteiger partial charge is 0.288 e. The standard InChI is InChI=1S/C19H13Cl3N2O2/c1-11-4-5-12(7-13(11)10-24-17(25)3-2-6-23-24)19(26)18-15(21)8-14(20)9-16(18)22/h2-9H,10H2,1H3. The van der Waals surface area contributed by atoms with E-state index >= 15 is 0 Å². The molecule has 1 heterocycles. The Bertz CT molecular complexity index is 1040. The van der Waals surface area contributed by atoms with Crippen LogP contribution in [0, 0.1) is 6.92 Å². The first-order valence-electron chi connectivity index (χ1n) is 7.67. The highest BCUT2D eigenvalue weighted by atomic mass is 35.5. The molecule has 3 aromatic rings. The van der Waals surface area contributed by atoms with E-state index in [0.717, 1.165) is 11.1 Å². The summed E-state index contributed by atoms with van der Waals surface area (Å²) in [7, 11) is 0. The van der Waals surface area contributed by atoms with Crippen molar-refractivity contribution in [3.63, 3.8) is 0 Å². The first-order chi connectivity index (χ1) is 12.4. The average molecular weight is 408 g/mol. The Morgan fingerprint density at radius 2 is 1.77 bits per heavy atom. The van der Waals surface area contributed by atoms with Gasteiger partial charge in [0.05, 0.1) is 22.2 Å². The van der Waals surface area contributed by atoms with Crippen LogP contribution < -0.4 is 5.56 Å². The Kier molecular flexibility index (Phi) is 5.47. The molecule has 3 rings (SSSR count). The van der Waals surface area contributed by atoms with E-state index in [0.29, 0.717) is 10.6 Å². The quantitative estimate of drug-likeness (QED) is 0.584. The lowest BCUT2D eigenvalue weighted by Crippen LogP contribution is -2.22. The summed E-state index contributed by atoms with van der Waals surface area (Å²) < 4.78 is 1.33. The third-order valence-corrected chi connectivity index (χ3v) is 4.77. The van der Waals surface area contributed by atoms with E-state index in [1.165, 1.54) is 22.9 Å². The predicted molar refractivity (Wildman–Crippen MR) is 104 cm³/mol. The molecule has 0 spiro atoms. The van der Waals surface area contributed by atoms with Gasteiger partial charge in [-0.3, -0.25) is 9.59 Å². The zero-order chi connectivity index (χ0) is 18.8. The fourth-order valence-electron chi connectivity index (χ4n) is 2.55. The summed E-state index contributed by atoms with van der Waals surface area (Å²) in [6.45, 7) is 2.16. The number of rotatable bonds is 4. The molecular formula is C19H13Cl3N2O2. The molecule has 0 saturated heterocycles. The molecule has 0 saturated carbocycles.